The standard InChI is InChI=1S/C8H9IN2O/c9-5-3-7(12)8(11-4-5)6-1-2-10-6/h3-4,6,10,12H,1-2H2. The highest BCUT2D eigenvalue weighted by atomic mass is 127. The highest BCUT2D eigenvalue weighted by molar-refractivity contribution is 14.1. The summed E-state index contributed by atoms with van der Waals surface area (Å²) >= 11 is 2.13. The van der Waals surface area contributed by atoms with E-state index in [2.05, 4.69) is 32.9 Å². The molecule has 0 radical (unpaired) electrons. The lowest BCUT2D eigenvalue weighted by atomic mass is 10.0. The molecule has 1 aromatic heterocycles. The second-order valence-corrected chi connectivity index (χ2v) is 4.10. The Balaban J connectivity index is 2.31. The van der Waals surface area contributed by atoms with Gasteiger partial charge in [0.1, 0.15) is 5.75 Å². The molecule has 3 nitrogen and oxygen atoms in total. The number of pyridine rings is 1. The SMILES string of the molecule is Oc1cc(I)cnc1C1CCN1. The normalized spacial score (nSPS) is 21.9. The molecule has 0 aliphatic carbocycles. The summed E-state index contributed by atoms with van der Waals surface area (Å²) in [6.45, 7) is 1.03. The summed E-state index contributed by atoms with van der Waals surface area (Å²) in [5.41, 5.74) is 0.779. The van der Waals surface area contributed by atoms with Gasteiger partial charge in [-0.1, -0.05) is 0 Å². The van der Waals surface area contributed by atoms with Crippen LogP contribution in [0.1, 0.15) is 18.2 Å². The molecular formula is C8H9IN2O. The number of aromatic nitrogens is 1. The van der Waals surface area contributed by atoms with Gasteiger partial charge >= 0.3 is 0 Å². The maximum absolute atomic E-state index is 9.52. The van der Waals surface area contributed by atoms with Crippen molar-refractivity contribution in [1.82, 2.24) is 10.3 Å². The summed E-state index contributed by atoms with van der Waals surface area (Å²) in [6.07, 6.45) is 2.84. The first kappa shape index (κ1) is 8.25. The van der Waals surface area contributed by atoms with Crippen LogP contribution in [0.2, 0.25) is 0 Å². The molecule has 0 bridgehead atoms. The van der Waals surface area contributed by atoms with Crippen LogP contribution < -0.4 is 5.32 Å². The smallest absolute Gasteiger partial charge is 0.139 e. The first-order valence-electron chi connectivity index (χ1n) is 3.85. The van der Waals surface area contributed by atoms with Crippen molar-refractivity contribution < 1.29 is 5.11 Å². The average molecular weight is 276 g/mol. The highest BCUT2D eigenvalue weighted by Gasteiger charge is 2.22. The Morgan fingerprint density at radius 2 is 2.42 bits per heavy atom. The van der Waals surface area contributed by atoms with Crippen LogP contribution in [-0.2, 0) is 0 Å². The van der Waals surface area contributed by atoms with Crippen LogP contribution in [0.3, 0.4) is 0 Å². The van der Waals surface area contributed by atoms with E-state index in [1.165, 1.54) is 0 Å². The Morgan fingerprint density at radius 3 is 2.92 bits per heavy atom. The summed E-state index contributed by atoms with van der Waals surface area (Å²) in [6, 6.07) is 2.00. The fourth-order valence-corrected chi connectivity index (χ4v) is 1.66. The van der Waals surface area contributed by atoms with E-state index in [0.29, 0.717) is 5.75 Å². The minimum Gasteiger partial charge on any atom is -0.506 e. The predicted molar refractivity (Wildman–Crippen MR) is 54.0 cm³/mol. The number of nitrogens with one attached hydrogen (secondary N) is 1. The lowest BCUT2D eigenvalue weighted by molar-refractivity contribution is 0.355. The molecule has 2 heterocycles. The van der Waals surface area contributed by atoms with Crippen molar-refractivity contribution in [3.8, 4) is 5.75 Å². The monoisotopic (exact) mass is 276 g/mol. The van der Waals surface area contributed by atoms with Crippen molar-refractivity contribution in [2.75, 3.05) is 6.54 Å². The minimum absolute atomic E-state index is 0.266. The van der Waals surface area contributed by atoms with Crippen LogP contribution >= 0.6 is 22.6 Å². The van der Waals surface area contributed by atoms with Crippen molar-refractivity contribution in [3.63, 3.8) is 0 Å². The van der Waals surface area contributed by atoms with Gasteiger partial charge in [-0.15, -0.1) is 0 Å². The van der Waals surface area contributed by atoms with Gasteiger partial charge in [-0.3, -0.25) is 4.98 Å². The summed E-state index contributed by atoms with van der Waals surface area (Å²) in [4.78, 5) is 4.18. The van der Waals surface area contributed by atoms with E-state index in [1.807, 2.05) is 0 Å². The van der Waals surface area contributed by atoms with Gasteiger partial charge < -0.3 is 10.4 Å². The first-order chi connectivity index (χ1) is 5.77. The maximum Gasteiger partial charge on any atom is 0.139 e. The van der Waals surface area contributed by atoms with Crippen molar-refractivity contribution >= 4 is 22.6 Å². The van der Waals surface area contributed by atoms with Gasteiger partial charge in [-0.25, -0.2) is 0 Å². The second kappa shape index (κ2) is 3.18. The molecule has 1 aliphatic heterocycles. The molecule has 1 aliphatic rings. The fourth-order valence-electron chi connectivity index (χ4n) is 1.23. The Kier molecular flexibility index (Phi) is 2.18. The molecule has 0 saturated carbocycles. The van der Waals surface area contributed by atoms with E-state index in [-0.39, 0.29) is 6.04 Å². The molecule has 0 amide bonds. The van der Waals surface area contributed by atoms with Crippen molar-refractivity contribution in [3.05, 3.63) is 21.5 Å². The molecule has 2 rings (SSSR count). The molecule has 0 spiro atoms. The molecule has 1 unspecified atom stereocenters. The van der Waals surface area contributed by atoms with E-state index >= 15 is 0 Å². The minimum atomic E-state index is 0.266. The van der Waals surface area contributed by atoms with Gasteiger partial charge in [0.05, 0.1) is 11.7 Å². The van der Waals surface area contributed by atoms with Crippen molar-refractivity contribution in [2.24, 2.45) is 0 Å². The molecule has 12 heavy (non-hydrogen) atoms. The van der Waals surface area contributed by atoms with E-state index in [4.69, 9.17) is 0 Å². The largest absolute Gasteiger partial charge is 0.506 e. The van der Waals surface area contributed by atoms with Crippen LogP contribution in [-0.4, -0.2) is 16.6 Å². The zero-order chi connectivity index (χ0) is 8.55. The number of nitrogens with zero attached hydrogens (tertiary/aromatic N) is 1. The summed E-state index contributed by atoms with van der Waals surface area (Å²) in [5, 5.41) is 12.7. The Labute approximate surface area is 84.3 Å². The summed E-state index contributed by atoms with van der Waals surface area (Å²) in [7, 11) is 0. The maximum atomic E-state index is 9.52. The summed E-state index contributed by atoms with van der Waals surface area (Å²) < 4.78 is 0.966. The van der Waals surface area contributed by atoms with E-state index in [0.717, 1.165) is 22.2 Å². The third kappa shape index (κ3) is 1.40. The van der Waals surface area contributed by atoms with Gasteiger partial charge in [0.25, 0.3) is 0 Å². The van der Waals surface area contributed by atoms with Gasteiger partial charge in [0.15, 0.2) is 0 Å². The first-order valence-corrected chi connectivity index (χ1v) is 4.93. The van der Waals surface area contributed by atoms with Crippen LogP contribution in [0.25, 0.3) is 0 Å². The molecule has 4 heteroatoms. The van der Waals surface area contributed by atoms with Crippen LogP contribution in [0.4, 0.5) is 0 Å². The summed E-state index contributed by atoms with van der Waals surface area (Å²) in [5.74, 6) is 0.305. The molecule has 0 aromatic carbocycles. The predicted octanol–water partition coefficient (Wildman–Crippen LogP) is 1.43. The third-order valence-corrected chi connectivity index (χ3v) is 2.61. The number of rotatable bonds is 1. The lowest BCUT2D eigenvalue weighted by Gasteiger charge is -2.27. The second-order valence-electron chi connectivity index (χ2n) is 2.85. The molecule has 1 fully saturated rings. The molecular weight excluding hydrogens is 267 g/mol. The molecule has 64 valence electrons. The van der Waals surface area contributed by atoms with E-state index in [9.17, 15) is 5.11 Å². The Bertz CT molecular complexity index is 299. The lowest BCUT2D eigenvalue weighted by Crippen LogP contribution is -2.35. The molecule has 2 N–H and O–H groups in total. The van der Waals surface area contributed by atoms with Gasteiger partial charge in [-0.2, -0.15) is 0 Å². The van der Waals surface area contributed by atoms with Crippen LogP contribution in [0.15, 0.2) is 12.3 Å². The zero-order valence-electron chi connectivity index (χ0n) is 6.42. The van der Waals surface area contributed by atoms with Crippen molar-refractivity contribution in [1.29, 1.82) is 0 Å². The highest BCUT2D eigenvalue weighted by Crippen LogP contribution is 2.28. The van der Waals surface area contributed by atoms with Gasteiger partial charge in [0, 0.05) is 9.77 Å². The Hall–Kier alpha value is -0.360. The Morgan fingerprint density at radius 1 is 1.67 bits per heavy atom. The van der Waals surface area contributed by atoms with E-state index < -0.39 is 0 Å². The molecule has 1 aromatic rings. The third-order valence-electron chi connectivity index (χ3n) is 2.02. The fraction of sp³-hybridized carbons (Fsp3) is 0.375. The number of hydrogen-bond donors (Lipinski definition) is 2. The van der Waals surface area contributed by atoms with Crippen molar-refractivity contribution in [2.45, 2.75) is 12.5 Å². The van der Waals surface area contributed by atoms with Crippen LogP contribution in [0, 0.1) is 3.57 Å². The number of hydrogen-bond acceptors (Lipinski definition) is 3. The van der Waals surface area contributed by atoms with E-state index in [1.54, 1.807) is 12.3 Å². The van der Waals surface area contributed by atoms with Gasteiger partial charge in [-0.05, 0) is 41.6 Å². The van der Waals surface area contributed by atoms with Crippen LogP contribution in [0.5, 0.6) is 5.75 Å². The average Bonchev–Trinajstić information content (AvgIpc) is 1.91. The topological polar surface area (TPSA) is 45.2 Å². The number of aromatic hydroxyl groups is 1. The van der Waals surface area contributed by atoms with Gasteiger partial charge in [0.2, 0.25) is 0 Å². The molecule has 1 saturated heterocycles. The number of halogens is 1. The quantitative estimate of drug-likeness (QED) is 0.763. The molecule has 1 atom stereocenters. The zero-order valence-corrected chi connectivity index (χ0v) is 8.58.